The van der Waals surface area contributed by atoms with Gasteiger partial charge in [0.25, 0.3) is 5.91 Å². The van der Waals surface area contributed by atoms with E-state index in [1.54, 1.807) is 6.20 Å². The Morgan fingerprint density at radius 1 is 0.900 bits per heavy atom. The summed E-state index contributed by atoms with van der Waals surface area (Å²) in [5, 5.41) is 9.77. The number of carbonyl (C=O) groups is 1. The highest BCUT2D eigenvalue weighted by atomic mass is 16.2. The van der Waals surface area contributed by atoms with Crippen LogP contribution in [0, 0.1) is 0 Å². The van der Waals surface area contributed by atoms with Crippen LogP contribution in [0.1, 0.15) is 16.1 Å². The topological polar surface area (TPSA) is 67.2 Å². The second-order valence-electron chi connectivity index (χ2n) is 7.42. The van der Waals surface area contributed by atoms with Gasteiger partial charge in [-0.25, -0.2) is 0 Å². The van der Waals surface area contributed by atoms with Gasteiger partial charge in [-0.15, -0.1) is 5.10 Å². The first-order valence-corrected chi connectivity index (χ1v) is 10.1. The number of carbonyl (C=O) groups excluding carboxylic acids is 1. The fourth-order valence-corrected chi connectivity index (χ4v) is 3.85. The third-order valence-electron chi connectivity index (χ3n) is 5.47. The smallest absolute Gasteiger partial charge is 0.276 e. The van der Waals surface area contributed by atoms with E-state index in [4.69, 9.17) is 0 Å². The minimum atomic E-state index is -0.0661. The third-order valence-corrected chi connectivity index (χ3v) is 5.47. The van der Waals surface area contributed by atoms with Crippen molar-refractivity contribution in [3.8, 4) is 5.69 Å². The predicted octanol–water partition coefficient (Wildman–Crippen LogP) is 2.77. The number of rotatable bonds is 4. The van der Waals surface area contributed by atoms with E-state index in [9.17, 15) is 4.79 Å². The minimum absolute atomic E-state index is 0.0661. The van der Waals surface area contributed by atoms with Crippen molar-refractivity contribution in [2.75, 3.05) is 26.2 Å². The highest BCUT2D eigenvalue weighted by Crippen LogP contribution is 2.19. The molecule has 0 bridgehead atoms. The lowest BCUT2D eigenvalue weighted by molar-refractivity contribution is 0.0622. The standard InChI is InChI=1S/C23H22N6O/c30-23(21-16-25-29(26-21)20-9-2-1-3-10-20)28-14-12-27(13-15-28)17-19-7-4-6-18-8-5-11-24-22(18)19/h1-11,16H,12-15,17H2. The molecule has 7 nitrogen and oxygen atoms in total. The number of pyridine rings is 1. The van der Waals surface area contributed by atoms with Crippen LogP contribution in [0.2, 0.25) is 0 Å². The molecule has 1 aliphatic rings. The highest BCUT2D eigenvalue weighted by Gasteiger charge is 2.24. The predicted molar refractivity (Wildman–Crippen MR) is 114 cm³/mol. The van der Waals surface area contributed by atoms with E-state index >= 15 is 0 Å². The maximum Gasteiger partial charge on any atom is 0.276 e. The molecule has 0 atom stereocenters. The van der Waals surface area contributed by atoms with Crippen molar-refractivity contribution in [1.29, 1.82) is 0 Å². The molecule has 5 rings (SSSR count). The Balaban J connectivity index is 1.23. The SMILES string of the molecule is O=C(c1cnn(-c2ccccc2)n1)N1CCN(Cc2cccc3cccnc23)CC1. The van der Waals surface area contributed by atoms with Crippen molar-refractivity contribution < 1.29 is 4.79 Å². The maximum atomic E-state index is 12.9. The molecule has 1 amide bonds. The molecule has 7 heteroatoms. The van der Waals surface area contributed by atoms with Crippen molar-refractivity contribution in [2.24, 2.45) is 0 Å². The summed E-state index contributed by atoms with van der Waals surface area (Å²) in [6.45, 7) is 3.83. The zero-order valence-electron chi connectivity index (χ0n) is 16.6. The van der Waals surface area contributed by atoms with E-state index in [1.165, 1.54) is 10.4 Å². The molecule has 3 heterocycles. The Morgan fingerprint density at radius 2 is 1.70 bits per heavy atom. The lowest BCUT2D eigenvalue weighted by Crippen LogP contribution is -2.48. The van der Waals surface area contributed by atoms with Crippen LogP contribution in [0.5, 0.6) is 0 Å². The number of fused-ring (bicyclic) bond motifs is 1. The van der Waals surface area contributed by atoms with Crippen LogP contribution in [-0.4, -0.2) is 61.9 Å². The normalized spacial score (nSPS) is 14.9. The number of piperazine rings is 1. The van der Waals surface area contributed by atoms with Crippen molar-refractivity contribution in [3.63, 3.8) is 0 Å². The molecule has 2 aromatic heterocycles. The average Bonchev–Trinajstić information content (AvgIpc) is 3.30. The number of hydrogen-bond donors (Lipinski definition) is 0. The van der Waals surface area contributed by atoms with Crippen LogP contribution in [0.15, 0.2) is 73.1 Å². The van der Waals surface area contributed by atoms with Crippen molar-refractivity contribution in [1.82, 2.24) is 29.8 Å². The van der Waals surface area contributed by atoms with Gasteiger partial charge in [0.05, 0.1) is 17.4 Å². The summed E-state index contributed by atoms with van der Waals surface area (Å²) in [7, 11) is 0. The molecule has 0 spiro atoms. The second kappa shape index (κ2) is 8.04. The lowest BCUT2D eigenvalue weighted by Gasteiger charge is -2.34. The Morgan fingerprint density at radius 3 is 2.53 bits per heavy atom. The van der Waals surface area contributed by atoms with Gasteiger partial charge >= 0.3 is 0 Å². The van der Waals surface area contributed by atoms with Gasteiger partial charge in [0.2, 0.25) is 0 Å². The summed E-state index contributed by atoms with van der Waals surface area (Å²) in [4.78, 5) is 23.1. The fraction of sp³-hybridized carbons (Fsp3) is 0.217. The Bertz CT molecular complexity index is 1160. The van der Waals surface area contributed by atoms with E-state index < -0.39 is 0 Å². The Labute approximate surface area is 174 Å². The highest BCUT2D eigenvalue weighted by molar-refractivity contribution is 5.92. The van der Waals surface area contributed by atoms with Gasteiger partial charge in [-0.3, -0.25) is 14.7 Å². The molecule has 0 aliphatic carbocycles. The summed E-state index contributed by atoms with van der Waals surface area (Å²) in [6, 6.07) is 20.0. The van der Waals surface area contributed by atoms with Gasteiger partial charge in [-0.05, 0) is 23.8 Å². The second-order valence-corrected chi connectivity index (χ2v) is 7.42. The van der Waals surface area contributed by atoms with Crippen LogP contribution in [0.25, 0.3) is 16.6 Å². The molecule has 2 aromatic carbocycles. The summed E-state index contributed by atoms with van der Waals surface area (Å²) in [5.41, 5.74) is 3.49. The molecule has 30 heavy (non-hydrogen) atoms. The Kier molecular flexibility index (Phi) is 4.94. The van der Waals surface area contributed by atoms with Crippen LogP contribution in [0.3, 0.4) is 0 Å². The number of hydrogen-bond acceptors (Lipinski definition) is 5. The van der Waals surface area contributed by atoms with Crippen LogP contribution >= 0.6 is 0 Å². The van der Waals surface area contributed by atoms with E-state index in [-0.39, 0.29) is 5.91 Å². The molecule has 0 saturated carbocycles. The van der Waals surface area contributed by atoms with E-state index in [0.29, 0.717) is 18.8 Å². The van der Waals surface area contributed by atoms with Gasteiger partial charge in [0.1, 0.15) is 0 Å². The zero-order valence-corrected chi connectivity index (χ0v) is 16.6. The van der Waals surface area contributed by atoms with Crippen LogP contribution < -0.4 is 0 Å². The number of nitrogens with zero attached hydrogens (tertiary/aromatic N) is 6. The van der Waals surface area contributed by atoms with Crippen LogP contribution in [-0.2, 0) is 6.54 Å². The average molecular weight is 398 g/mol. The van der Waals surface area contributed by atoms with Gasteiger partial charge in [0, 0.05) is 44.3 Å². The first-order chi connectivity index (χ1) is 14.8. The molecule has 150 valence electrons. The number of amides is 1. The molecule has 0 radical (unpaired) electrons. The van der Waals surface area contributed by atoms with E-state index in [1.807, 2.05) is 47.5 Å². The first kappa shape index (κ1) is 18.4. The summed E-state index contributed by atoms with van der Waals surface area (Å²) in [6.07, 6.45) is 3.38. The number of benzene rings is 2. The first-order valence-electron chi connectivity index (χ1n) is 10.1. The molecule has 4 aromatic rings. The molecule has 1 fully saturated rings. The largest absolute Gasteiger partial charge is 0.335 e. The molecule has 0 unspecified atom stereocenters. The number of para-hydroxylation sites is 2. The zero-order chi connectivity index (χ0) is 20.3. The molecule has 1 aliphatic heterocycles. The van der Waals surface area contributed by atoms with Gasteiger partial charge < -0.3 is 4.90 Å². The number of aromatic nitrogens is 4. The van der Waals surface area contributed by atoms with Crippen molar-refractivity contribution >= 4 is 16.8 Å². The Hall–Kier alpha value is -3.58. The summed E-state index contributed by atoms with van der Waals surface area (Å²) in [5.74, 6) is -0.0661. The minimum Gasteiger partial charge on any atom is -0.335 e. The maximum absolute atomic E-state index is 12.9. The lowest BCUT2D eigenvalue weighted by atomic mass is 10.1. The van der Waals surface area contributed by atoms with Gasteiger partial charge in [-0.1, -0.05) is 42.5 Å². The van der Waals surface area contributed by atoms with Crippen LogP contribution in [0.4, 0.5) is 0 Å². The third kappa shape index (κ3) is 3.67. The summed E-state index contributed by atoms with van der Waals surface area (Å²) < 4.78 is 0. The fourth-order valence-electron chi connectivity index (χ4n) is 3.85. The molecular weight excluding hydrogens is 376 g/mol. The molecule has 0 N–H and O–H groups in total. The quantitative estimate of drug-likeness (QED) is 0.529. The molecule has 1 saturated heterocycles. The van der Waals surface area contributed by atoms with E-state index in [2.05, 4.69) is 44.3 Å². The van der Waals surface area contributed by atoms with Crippen molar-refractivity contribution in [3.05, 3.63) is 84.3 Å². The van der Waals surface area contributed by atoms with Crippen molar-refractivity contribution in [2.45, 2.75) is 6.54 Å². The van der Waals surface area contributed by atoms with E-state index in [0.717, 1.165) is 36.2 Å². The van der Waals surface area contributed by atoms with Gasteiger partial charge in [0.15, 0.2) is 5.69 Å². The summed E-state index contributed by atoms with van der Waals surface area (Å²) >= 11 is 0. The monoisotopic (exact) mass is 398 g/mol. The molecular formula is C23H22N6O. The van der Waals surface area contributed by atoms with Gasteiger partial charge in [-0.2, -0.15) is 9.90 Å².